The number of benzene rings is 1. The summed E-state index contributed by atoms with van der Waals surface area (Å²) in [5.74, 6) is 0.526. The average Bonchev–Trinajstić information content (AvgIpc) is 2.72. The third kappa shape index (κ3) is 3.05. The van der Waals surface area contributed by atoms with Crippen molar-refractivity contribution in [1.29, 1.82) is 0 Å². The summed E-state index contributed by atoms with van der Waals surface area (Å²) in [6.45, 7) is 0.486. The number of nitrogens with two attached hydrogens (primary N) is 1. The number of halogens is 2. The molecule has 3 N–H and O–H groups in total. The Morgan fingerprint density at radius 2 is 1.94 bits per heavy atom. The van der Waals surface area contributed by atoms with Gasteiger partial charge in [0.15, 0.2) is 0 Å². The van der Waals surface area contributed by atoms with Crippen LogP contribution in [0.15, 0.2) is 31.6 Å². The summed E-state index contributed by atoms with van der Waals surface area (Å²) in [6, 6.07) is 6.11. The molecule has 2 aromatic rings. The predicted molar refractivity (Wildman–Crippen MR) is 72.2 cm³/mol. The van der Waals surface area contributed by atoms with Crippen molar-refractivity contribution >= 4 is 43.6 Å². The molecule has 0 fully saturated rings. The van der Waals surface area contributed by atoms with E-state index in [0.29, 0.717) is 24.9 Å². The van der Waals surface area contributed by atoms with E-state index in [9.17, 15) is 0 Å². The second-order valence-electron chi connectivity index (χ2n) is 3.26. The number of hydrogen-bond donors (Lipinski definition) is 2. The van der Waals surface area contributed by atoms with Gasteiger partial charge in [-0.3, -0.25) is 0 Å². The van der Waals surface area contributed by atoms with Crippen LogP contribution in [-0.4, -0.2) is 16.7 Å². The minimum atomic E-state index is 0.348. The van der Waals surface area contributed by atoms with Crippen molar-refractivity contribution in [2.75, 3.05) is 11.9 Å². The lowest BCUT2D eigenvalue weighted by molar-refractivity contribution is 0.509. The van der Waals surface area contributed by atoms with E-state index < -0.39 is 0 Å². The Bertz CT molecular complexity index is 495. The SMILES string of the molecule is NCCc1nnc(Nc2c(Br)cccc2Br)o1. The van der Waals surface area contributed by atoms with Crippen molar-refractivity contribution < 1.29 is 4.42 Å². The highest BCUT2D eigenvalue weighted by atomic mass is 79.9. The molecule has 0 amide bonds. The van der Waals surface area contributed by atoms with Gasteiger partial charge in [0.1, 0.15) is 0 Å². The Kier molecular flexibility index (Phi) is 4.14. The number of aromatic nitrogens is 2. The van der Waals surface area contributed by atoms with E-state index in [1.54, 1.807) is 0 Å². The first-order valence-corrected chi connectivity index (χ1v) is 6.53. The summed E-state index contributed by atoms with van der Waals surface area (Å²) in [7, 11) is 0. The lowest BCUT2D eigenvalue weighted by Crippen LogP contribution is -2.02. The molecule has 0 radical (unpaired) electrons. The maximum absolute atomic E-state index is 5.41. The first kappa shape index (κ1) is 12.5. The molecule has 0 atom stereocenters. The van der Waals surface area contributed by atoms with Gasteiger partial charge in [0.2, 0.25) is 5.89 Å². The second-order valence-corrected chi connectivity index (χ2v) is 4.97. The molecule has 2 rings (SSSR count). The van der Waals surface area contributed by atoms with Gasteiger partial charge >= 0.3 is 6.01 Å². The van der Waals surface area contributed by atoms with E-state index in [2.05, 4.69) is 47.4 Å². The molecule has 0 aliphatic rings. The van der Waals surface area contributed by atoms with Crippen LogP contribution in [0.3, 0.4) is 0 Å². The van der Waals surface area contributed by atoms with Crippen LogP contribution in [0, 0.1) is 0 Å². The monoisotopic (exact) mass is 360 g/mol. The number of nitrogens with zero attached hydrogens (tertiary/aromatic N) is 2. The summed E-state index contributed by atoms with van der Waals surface area (Å²) < 4.78 is 7.20. The minimum absolute atomic E-state index is 0.348. The van der Waals surface area contributed by atoms with Crippen LogP contribution in [-0.2, 0) is 6.42 Å². The number of para-hydroxylation sites is 1. The third-order valence-corrected chi connectivity index (χ3v) is 3.34. The molecule has 90 valence electrons. The fourth-order valence-corrected chi connectivity index (χ4v) is 2.45. The standard InChI is InChI=1S/C10H10Br2N4O/c11-6-2-1-3-7(12)9(6)14-10-16-15-8(17-10)4-5-13/h1-3H,4-5,13H2,(H,14,16). The normalized spacial score (nSPS) is 10.5. The maximum atomic E-state index is 5.41. The van der Waals surface area contributed by atoms with Crippen molar-refractivity contribution in [2.45, 2.75) is 6.42 Å². The summed E-state index contributed by atoms with van der Waals surface area (Å²) in [5.41, 5.74) is 6.25. The zero-order valence-electron chi connectivity index (χ0n) is 8.78. The number of hydrogen-bond acceptors (Lipinski definition) is 5. The first-order valence-electron chi connectivity index (χ1n) is 4.94. The highest BCUT2D eigenvalue weighted by Gasteiger charge is 2.09. The van der Waals surface area contributed by atoms with E-state index in [1.165, 1.54) is 0 Å². The molecule has 7 heteroatoms. The molecule has 17 heavy (non-hydrogen) atoms. The lowest BCUT2D eigenvalue weighted by atomic mass is 10.3. The fourth-order valence-electron chi connectivity index (χ4n) is 1.25. The number of nitrogens with one attached hydrogen (secondary N) is 1. The van der Waals surface area contributed by atoms with Crippen molar-refractivity contribution in [2.24, 2.45) is 5.73 Å². The molecule has 0 aliphatic carbocycles. The molecule has 0 saturated heterocycles. The zero-order chi connectivity index (χ0) is 12.3. The highest BCUT2D eigenvalue weighted by Crippen LogP contribution is 2.32. The maximum Gasteiger partial charge on any atom is 0.320 e. The molecule has 0 unspecified atom stereocenters. The van der Waals surface area contributed by atoms with Crippen LogP contribution in [0.4, 0.5) is 11.7 Å². The van der Waals surface area contributed by atoms with Gasteiger partial charge in [0.05, 0.1) is 5.69 Å². The second kappa shape index (κ2) is 5.61. The quantitative estimate of drug-likeness (QED) is 0.875. The van der Waals surface area contributed by atoms with Gasteiger partial charge in [-0.1, -0.05) is 11.2 Å². The van der Waals surface area contributed by atoms with E-state index in [4.69, 9.17) is 10.2 Å². The molecule has 1 heterocycles. The van der Waals surface area contributed by atoms with Crippen LogP contribution in [0.2, 0.25) is 0 Å². The van der Waals surface area contributed by atoms with Crippen LogP contribution in [0.5, 0.6) is 0 Å². The van der Waals surface area contributed by atoms with Crippen LogP contribution < -0.4 is 11.1 Å². The van der Waals surface area contributed by atoms with Gasteiger partial charge in [0.25, 0.3) is 0 Å². The van der Waals surface area contributed by atoms with Crippen LogP contribution >= 0.6 is 31.9 Å². The predicted octanol–water partition coefficient (Wildman–Crippen LogP) is 2.84. The van der Waals surface area contributed by atoms with Crippen LogP contribution in [0.25, 0.3) is 0 Å². The van der Waals surface area contributed by atoms with Crippen molar-refractivity contribution in [3.05, 3.63) is 33.0 Å². The van der Waals surface area contributed by atoms with E-state index in [0.717, 1.165) is 14.6 Å². The molecule has 1 aromatic heterocycles. The summed E-state index contributed by atoms with van der Waals surface area (Å²) >= 11 is 6.88. The molecule has 0 saturated carbocycles. The Labute approximate surface area is 115 Å². The van der Waals surface area contributed by atoms with E-state index in [-0.39, 0.29) is 0 Å². The van der Waals surface area contributed by atoms with Crippen molar-refractivity contribution in [3.8, 4) is 0 Å². The minimum Gasteiger partial charge on any atom is -0.408 e. The molecular weight excluding hydrogens is 352 g/mol. The van der Waals surface area contributed by atoms with Gasteiger partial charge in [-0.15, -0.1) is 5.10 Å². The average molecular weight is 362 g/mol. The molecule has 5 nitrogen and oxygen atoms in total. The zero-order valence-corrected chi connectivity index (χ0v) is 12.0. The van der Waals surface area contributed by atoms with Crippen LogP contribution in [0.1, 0.15) is 5.89 Å². The smallest absolute Gasteiger partial charge is 0.320 e. The lowest BCUT2D eigenvalue weighted by Gasteiger charge is -2.06. The number of anilines is 2. The Morgan fingerprint density at radius 1 is 1.24 bits per heavy atom. The molecular formula is C10H10Br2N4O. The molecule has 0 aliphatic heterocycles. The highest BCUT2D eigenvalue weighted by molar-refractivity contribution is 9.11. The molecule has 1 aromatic carbocycles. The van der Waals surface area contributed by atoms with Crippen molar-refractivity contribution in [3.63, 3.8) is 0 Å². The van der Waals surface area contributed by atoms with E-state index >= 15 is 0 Å². The van der Waals surface area contributed by atoms with E-state index in [1.807, 2.05) is 18.2 Å². The van der Waals surface area contributed by atoms with Gasteiger partial charge in [-0.2, -0.15) is 0 Å². The largest absolute Gasteiger partial charge is 0.408 e. The first-order chi connectivity index (χ1) is 8.20. The summed E-state index contributed by atoms with van der Waals surface area (Å²) in [4.78, 5) is 0. The Balaban J connectivity index is 2.19. The Hall–Kier alpha value is -0.920. The van der Waals surface area contributed by atoms with Gasteiger partial charge in [-0.25, -0.2) is 0 Å². The van der Waals surface area contributed by atoms with Gasteiger partial charge in [-0.05, 0) is 44.0 Å². The van der Waals surface area contributed by atoms with Gasteiger partial charge < -0.3 is 15.5 Å². The summed E-state index contributed by atoms with van der Waals surface area (Å²) in [5, 5.41) is 10.8. The molecule has 0 spiro atoms. The topological polar surface area (TPSA) is 77.0 Å². The fraction of sp³-hybridized carbons (Fsp3) is 0.200. The summed E-state index contributed by atoms with van der Waals surface area (Å²) in [6.07, 6.45) is 0.575. The van der Waals surface area contributed by atoms with Crippen molar-refractivity contribution in [1.82, 2.24) is 10.2 Å². The molecule has 0 bridgehead atoms. The third-order valence-electron chi connectivity index (χ3n) is 2.02. The number of rotatable bonds is 4. The Morgan fingerprint density at radius 3 is 2.59 bits per heavy atom. The van der Waals surface area contributed by atoms with Gasteiger partial charge in [0, 0.05) is 21.9 Å².